The molecule has 0 radical (unpaired) electrons. The Morgan fingerprint density at radius 3 is 2.79 bits per heavy atom. The van der Waals surface area contributed by atoms with E-state index in [0.29, 0.717) is 19.1 Å². The van der Waals surface area contributed by atoms with Gasteiger partial charge in [-0.25, -0.2) is 0 Å². The van der Waals surface area contributed by atoms with Crippen LogP contribution in [0.3, 0.4) is 0 Å². The lowest BCUT2D eigenvalue weighted by Gasteiger charge is -2.28. The lowest BCUT2D eigenvalue weighted by Crippen LogP contribution is -2.42. The number of hydrogen-bond donors (Lipinski definition) is 2. The summed E-state index contributed by atoms with van der Waals surface area (Å²) in [5, 5.41) is 7.07. The first-order valence-electron chi connectivity index (χ1n) is 11.8. The Labute approximate surface area is 213 Å². The van der Waals surface area contributed by atoms with Crippen LogP contribution in [0.1, 0.15) is 43.0 Å². The predicted molar refractivity (Wildman–Crippen MR) is 140 cm³/mol. The van der Waals surface area contributed by atoms with Gasteiger partial charge in [-0.1, -0.05) is 18.2 Å². The van der Waals surface area contributed by atoms with Crippen LogP contribution in [0.15, 0.2) is 52.1 Å². The molecular weight excluding hydrogens is 533 g/mol. The van der Waals surface area contributed by atoms with Crippen LogP contribution >= 0.6 is 24.0 Å². The Balaban J connectivity index is 0.00000306. The highest BCUT2D eigenvalue weighted by molar-refractivity contribution is 14.0. The molecule has 8 heteroatoms. The maximum Gasteiger partial charge on any atom is 0.191 e. The second-order valence-corrected chi connectivity index (χ2v) is 8.34. The summed E-state index contributed by atoms with van der Waals surface area (Å²) in [5.41, 5.74) is 1.18. The average Bonchev–Trinajstić information content (AvgIpc) is 3.35. The number of fused-ring (bicyclic) bond motifs is 1. The molecule has 182 valence electrons. The van der Waals surface area contributed by atoms with E-state index >= 15 is 0 Å². The summed E-state index contributed by atoms with van der Waals surface area (Å²) in [7, 11) is 0. The number of rotatable bonds is 10. The molecule has 1 aromatic heterocycles. The van der Waals surface area contributed by atoms with Gasteiger partial charge in [-0.15, -0.1) is 24.0 Å². The van der Waals surface area contributed by atoms with Crippen molar-refractivity contribution in [3.8, 4) is 5.75 Å². The number of hydrogen-bond acceptors (Lipinski definition) is 5. The van der Waals surface area contributed by atoms with E-state index in [0.717, 1.165) is 82.5 Å². The molecule has 0 bridgehead atoms. The van der Waals surface area contributed by atoms with Crippen molar-refractivity contribution in [2.45, 2.75) is 38.1 Å². The molecule has 0 spiro atoms. The fourth-order valence-electron chi connectivity index (χ4n) is 4.09. The highest BCUT2D eigenvalue weighted by Crippen LogP contribution is 2.31. The minimum Gasteiger partial charge on any atom is -0.493 e. The minimum absolute atomic E-state index is 0. The third-order valence-electron chi connectivity index (χ3n) is 5.92. The van der Waals surface area contributed by atoms with E-state index in [4.69, 9.17) is 23.6 Å². The smallest absolute Gasteiger partial charge is 0.191 e. The van der Waals surface area contributed by atoms with Gasteiger partial charge in [0.1, 0.15) is 11.5 Å². The third kappa shape index (κ3) is 8.50. The summed E-state index contributed by atoms with van der Waals surface area (Å²) < 4.78 is 22.5. The number of benzene rings is 1. The molecule has 2 N–H and O–H groups in total. The zero-order chi connectivity index (χ0) is 21.8. The van der Waals surface area contributed by atoms with Crippen LogP contribution in [0.2, 0.25) is 0 Å². The number of furan rings is 1. The van der Waals surface area contributed by atoms with Crippen LogP contribution in [-0.4, -0.2) is 52.1 Å². The first kappa shape index (κ1) is 25.8. The van der Waals surface area contributed by atoms with Gasteiger partial charge < -0.3 is 29.3 Å². The van der Waals surface area contributed by atoms with E-state index in [1.165, 1.54) is 5.56 Å². The van der Waals surface area contributed by atoms with Gasteiger partial charge in [-0.2, -0.15) is 0 Å². The molecule has 2 aromatic rings. The predicted octanol–water partition coefficient (Wildman–Crippen LogP) is 4.33. The highest BCUT2D eigenvalue weighted by atomic mass is 127. The van der Waals surface area contributed by atoms with Gasteiger partial charge in [-0.05, 0) is 43.4 Å². The Morgan fingerprint density at radius 1 is 1.06 bits per heavy atom. The molecule has 2 aliphatic heterocycles. The molecule has 0 aliphatic carbocycles. The van der Waals surface area contributed by atoms with E-state index in [1.54, 1.807) is 6.26 Å². The molecule has 1 atom stereocenters. The van der Waals surface area contributed by atoms with E-state index in [9.17, 15) is 0 Å². The molecule has 2 aliphatic rings. The molecule has 1 aromatic carbocycles. The van der Waals surface area contributed by atoms with E-state index < -0.39 is 0 Å². The van der Waals surface area contributed by atoms with Crippen molar-refractivity contribution in [2.24, 2.45) is 10.9 Å². The van der Waals surface area contributed by atoms with E-state index in [1.807, 2.05) is 24.3 Å². The molecular formula is C25H36IN3O4. The number of guanidine groups is 1. The van der Waals surface area contributed by atoms with Crippen LogP contribution in [0.5, 0.6) is 5.75 Å². The van der Waals surface area contributed by atoms with Crippen molar-refractivity contribution >= 4 is 29.9 Å². The Hall–Kier alpha value is -1.78. The van der Waals surface area contributed by atoms with Crippen molar-refractivity contribution < 1.29 is 18.6 Å². The van der Waals surface area contributed by atoms with Gasteiger partial charge in [0.25, 0.3) is 0 Å². The summed E-state index contributed by atoms with van der Waals surface area (Å²) in [6.45, 7) is 5.48. The van der Waals surface area contributed by atoms with E-state index in [2.05, 4.69) is 22.8 Å². The molecule has 1 fully saturated rings. The second kappa shape index (κ2) is 14.5. The maximum absolute atomic E-state index is 5.89. The number of para-hydroxylation sites is 1. The quantitative estimate of drug-likeness (QED) is 0.192. The van der Waals surface area contributed by atoms with Gasteiger partial charge in [-0.3, -0.25) is 4.99 Å². The number of aliphatic imine (C=N–C) groups is 1. The lowest BCUT2D eigenvalue weighted by molar-refractivity contribution is 0.0205. The highest BCUT2D eigenvalue weighted by Gasteiger charge is 2.22. The Kier molecular flexibility index (Phi) is 11.3. The zero-order valence-electron chi connectivity index (χ0n) is 19.2. The van der Waals surface area contributed by atoms with Crippen molar-refractivity contribution in [3.63, 3.8) is 0 Å². The van der Waals surface area contributed by atoms with Crippen molar-refractivity contribution in [1.29, 1.82) is 0 Å². The van der Waals surface area contributed by atoms with Gasteiger partial charge in [0.2, 0.25) is 0 Å². The standard InChI is InChI=1S/C25H35N3O4.HI/c1-2-7-24-22(6-1)23(11-18-32-24)28-25(27-13-8-21-5-3-15-31-21)26-12-4-14-30-19-20-9-16-29-17-10-20;/h1-3,5-7,15,20,23H,4,8-14,16-19H2,(H2,26,27,28);1H. The van der Waals surface area contributed by atoms with E-state index in [-0.39, 0.29) is 30.0 Å². The molecule has 7 nitrogen and oxygen atoms in total. The summed E-state index contributed by atoms with van der Waals surface area (Å²) in [5.74, 6) is 3.38. The topological polar surface area (TPSA) is 77.3 Å². The van der Waals surface area contributed by atoms with Crippen LogP contribution in [0.25, 0.3) is 0 Å². The van der Waals surface area contributed by atoms with Gasteiger partial charge in [0, 0.05) is 57.9 Å². The van der Waals surface area contributed by atoms with Gasteiger partial charge in [0.05, 0.1) is 18.9 Å². The second-order valence-electron chi connectivity index (χ2n) is 8.34. The normalized spacial score (nSPS) is 18.7. The number of nitrogens with zero attached hydrogens (tertiary/aromatic N) is 1. The zero-order valence-corrected chi connectivity index (χ0v) is 21.5. The first-order valence-corrected chi connectivity index (χ1v) is 11.8. The number of ether oxygens (including phenoxy) is 3. The van der Waals surface area contributed by atoms with Gasteiger partial charge >= 0.3 is 0 Å². The lowest BCUT2D eigenvalue weighted by atomic mass is 10.0. The third-order valence-corrected chi connectivity index (χ3v) is 5.92. The Morgan fingerprint density at radius 2 is 1.94 bits per heavy atom. The summed E-state index contributed by atoms with van der Waals surface area (Å²) in [4.78, 5) is 4.82. The molecule has 1 saturated heterocycles. The first-order chi connectivity index (χ1) is 15.9. The summed E-state index contributed by atoms with van der Waals surface area (Å²) in [6.07, 6.45) is 6.55. The molecule has 0 saturated carbocycles. The molecule has 33 heavy (non-hydrogen) atoms. The number of halogens is 1. The molecule has 1 unspecified atom stereocenters. The number of nitrogens with one attached hydrogen (secondary N) is 2. The van der Waals surface area contributed by atoms with Crippen molar-refractivity contribution in [3.05, 3.63) is 54.0 Å². The molecule has 0 amide bonds. The van der Waals surface area contributed by atoms with Crippen LogP contribution in [-0.2, 0) is 15.9 Å². The SMILES string of the molecule is I.c1coc(CCNC(=NCCCOCC2CCOCC2)NC2CCOc3ccccc32)c1. The van der Waals surface area contributed by atoms with Crippen molar-refractivity contribution in [2.75, 3.05) is 46.1 Å². The monoisotopic (exact) mass is 569 g/mol. The van der Waals surface area contributed by atoms with Crippen LogP contribution in [0.4, 0.5) is 0 Å². The molecule has 4 rings (SSSR count). The average molecular weight is 569 g/mol. The largest absolute Gasteiger partial charge is 0.493 e. The maximum atomic E-state index is 5.89. The molecule has 3 heterocycles. The Bertz CT molecular complexity index is 825. The summed E-state index contributed by atoms with van der Waals surface area (Å²) in [6, 6.07) is 12.3. The fourth-order valence-corrected chi connectivity index (χ4v) is 4.09. The van der Waals surface area contributed by atoms with Crippen molar-refractivity contribution in [1.82, 2.24) is 10.6 Å². The minimum atomic E-state index is 0. The summed E-state index contributed by atoms with van der Waals surface area (Å²) >= 11 is 0. The fraction of sp³-hybridized carbons (Fsp3) is 0.560. The van der Waals surface area contributed by atoms with Gasteiger partial charge in [0.15, 0.2) is 5.96 Å². The van der Waals surface area contributed by atoms with Crippen LogP contribution < -0.4 is 15.4 Å². The van der Waals surface area contributed by atoms with Crippen LogP contribution in [0, 0.1) is 5.92 Å².